The maximum Gasteiger partial charge on any atom is 0.249 e. The van der Waals surface area contributed by atoms with Crippen molar-refractivity contribution < 1.29 is 12.9 Å². The molecule has 0 saturated carbocycles. The zero-order chi connectivity index (χ0) is 17.3. The standard InChI is InChI=1S/C17H21ClN2O3S/c1-12-17(13(2)23-19-12)24(21,22)20-11-7-3-4-10-16(20)14-8-5-6-9-15(14)18/h5-6,8-9,16H,3-4,7,10-11H2,1-2H3/t16-/m1/s1. The maximum atomic E-state index is 13.3. The van der Waals surface area contributed by atoms with Gasteiger partial charge >= 0.3 is 0 Å². The van der Waals surface area contributed by atoms with Crippen LogP contribution in [0.3, 0.4) is 0 Å². The molecule has 2 aromatic rings. The largest absolute Gasteiger partial charge is 0.360 e. The minimum Gasteiger partial charge on any atom is -0.360 e. The number of rotatable bonds is 3. The van der Waals surface area contributed by atoms with Crippen LogP contribution in [0.4, 0.5) is 0 Å². The van der Waals surface area contributed by atoms with Gasteiger partial charge < -0.3 is 4.52 Å². The summed E-state index contributed by atoms with van der Waals surface area (Å²) in [5.41, 5.74) is 1.26. The number of halogens is 1. The van der Waals surface area contributed by atoms with E-state index in [1.807, 2.05) is 24.3 Å². The van der Waals surface area contributed by atoms with Crippen molar-refractivity contribution in [1.82, 2.24) is 9.46 Å². The lowest BCUT2D eigenvalue weighted by Gasteiger charge is -2.30. The van der Waals surface area contributed by atoms with Gasteiger partial charge in [0.2, 0.25) is 10.0 Å². The fourth-order valence-electron chi connectivity index (χ4n) is 3.39. The van der Waals surface area contributed by atoms with Crippen LogP contribution in [0.2, 0.25) is 5.02 Å². The predicted octanol–water partition coefficient (Wildman–Crippen LogP) is 4.25. The minimum absolute atomic E-state index is 0.182. The van der Waals surface area contributed by atoms with Crippen LogP contribution in [-0.4, -0.2) is 24.4 Å². The Labute approximate surface area is 147 Å². The molecule has 1 aromatic heterocycles. The number of hydrogen-bond acceptors (Lipinski definition) is 4. The minimum atomic E-state index is -3.70. The third-order valence-corrected chi connectivity index (χ3v) is 7.00. The molecule has 24 heavy (non-hydrogen) atoms. The summed E-state index contributed by atoms with van der Waals surface area (Å²) < 4.78 is 33.3. The summed E-state index contributed by atoms with van der Waals surface area (Å²) >= 11 is 6.36. The first-order valence-corrected chi connectivity index (χ1v) is 9.94. The fraction of sp³-hybridized carbons (Fsp3) is 0.471. The average molecular weight is 369 g/mol. The van der Waals surface area contributed by atoms with Crippen molar-refractivity contribution >= 4 is 21.6 Å². The Morgan fingerprint density at radius 1 is 1.21 bits per heavy atom. The van der Waals surface area contributed by atoms with Gasteiger partial charge in [0.1, 0.15) is 10.6 Å². The summed E-state index contributed by atoms with van der Waals surface area (Å²) in [5.74, 6) is 0.328. The maximum absolute atomic E-state index is 13.3. The molecule has 1 saturated heterocycles. The van der Waals surface area contributed by atoms with Crippen molar-refractivity contribution in [1.29, 1.82) is 0 Å². The van der Waals surface area contributed by atoms with Crippen LogP contribution in [0, 0.1) is 13.8 Å². The summed E-state index contributed by atoms with van der Waals surface area (Å²) in [5, 5.41) is 4.41. The highest BCUT2D eigenvalue weighted by molar-refractivity contribution is 7.89. The normalized spacial score (nSPS) is 20.0. The van der Waals surface area contributed by atoms with Gasteiger partial charge in [-0.1, -0.05) is 47.8 Å². The molecule has 1 atom stereocenters. The molecule has 3 rings (SSSR count). The Bertz CT molecular complexity index is 813. The third kappa shape index (κ3) is 3.10. The Morgan fingerprint density at radius 3 is 2.62 bits per heavy atom. The molecule has 5 nitrogen and oxygen atoms in total. The van der Waals surface area contributed by atoms with E-state index in [0.29, 0.717) is 23.0 Å². The summed E-state index contributed by atoms with van der Waals surface area (Å²) in [6.45, 7) is 3.77. The second-order valence-corrected chi connectivity index (χ2v) is 8.39. The molecule has 1 aliphatic rings. The van der Waals surface area contributed by atoms with E-state index < -0.39 is 10.0 Å². The lowest BCUT2D eigenvalue weighted by molar-refractivity contribution is 0.328. The SMILES string of the molecule is Cc1noc(C)c1S(=O)(=O)N1CCCCC[C@@H]1c1ccccc1Cl. The highest BCUT2D eigenvalue weighted by Gasteiger charge is 2.37. The van der Waals surface area contributed by atoms with Gasteiger partial charge in [0.15, 0.2) is 5.76 Å². The molecular formula is C17H21ClN2O3S. The monoisotopic (exact) mass is 368 g/mol. The summed E-state index contributed by atoms with van der Waals surface area (Å²) in [6.07, 6.45) is 3.58. The number of sulfonamides is 1. The van der Waals surface area contributed by atoms with Crippen LogP contribution in [0.25, 0.3) is 0 Å². The number of aryl methyl sites for hydroxylation is 2. The molecule has 1 aromatic carbocycles. The molecule has 0 bridgehead atoms. The van der Waals surface area contributed by atoms with Gasteiger partial charge in [-0.15, -0.1) is 0 Å². The van der Waals surface area contributed by atoms with E-state index in [4.69, 9.17) is 16.1 Å². The van der Waals surface area contributed by atoms with E-state index in [1.54, 1.807) is 18.2 Å². The van der Waals surface area contributed by atoms with Gasteiger partial charge in [-0.05, 0) is 38.3 Å². The van der Waals surface area contributed by atoms with Gasteiger partial charge in [-0.25, -0.2) is 8.42 Å². The molecule has 0 amide bonds. The van der Waals surface area contributed by atoms with E-state index >= 15 is 0 Å². The smallest absolute Gasteiger partial charge is 0.249 e. The Balaban J connectivity index is 2.10. The summed E-state index contributed by atoms with van der Waals surface area (Å²) in [6, 6.07) is 7.21. The molecular weight excluding hydrogens is 348 g/mol. The molecule has 0 aliphatic carbocycles. The molecule has 1 fully saturated rings. The summed E-state index contributed by atoms with van der Waals surface area (Å²) in [7, 11) is -3.70. The lowest BCUT2D eigenvalue weighted by Crippen LogP contribution is -2.35. The van der Waals surface area contributed by atoms with Crippen molar-refractivity contribution in [2.45, 2.75) is 50.5 Å². The van der Waals surface area contributed by atoms with E-state index in [2.05, 4.69) is 5.16 Å². The highest BCUT2D eigenvalue weighted by Crippen LogP contribution is 2.38. The van der Waals surface area contributed by atoms with Crippen LogP contribution in [0.1, 0.15) is 48.7 Å². The van der Waals surface area contributed by atoms with E-state index in [1.165, 1.54) is 0 Å². The van der Waals surface area contributed by atoms with Crippen molar-refractivity contribution in [2.75, 3.05) is 6.54 Å². The first kappa shape index (κ1) is 17.5. The quantitative estimate of drug-likeness (QED) is 0.812. The van der Waals surface area contributed by atoms with Crippen LogP contribution in [0.15, 0.2) is 33.7 Å². The molecule has 2 heterocycles. The molecule has 0 unspecified atom stereocenters. The van der Waals surface area contributed by atoms with Crippen LogP contribution < -0.4 is 0 Å². The molecule has 7 heteroatoms. The first-order chi connectivity index (χ1) is 11.4. The Hall–Kier alpha value is -1.37. The number of benzene rings is 1. The fourth-order valence-corrected chi connectivity index (χ4v) is 5.62. The van der Waals surface area contributed by atoms with Crippen LogP contribution >= 0.6 is 11.6 Å². The molecule has 0 radical (unpaired) electrons. The van der Waals surface area contributed by atoms with Crippen LogP contribution in [-0.2, 0) is 10.0 Å². The van der Waals surface area contributed by atoms with Gasteiger partial charge in [0.05, 0.1) is 6.04 Å². The number of aromatic nitrogens is 1. The Morgan fingerprint density at radius 2 is 1.96 bits per heavy atom. The van der Waals surface area contributed by atoms with Gasteiger partial charge in [-0.3, -0.25) is 0 Å². The molecule has 1 aliphatic heterocycles. The Kier molecular flexibility index (Phi) is 4.99. The second-order valence-electron chi connectivity index (χ2n) is 6.16. The zero-order valence-electron chi connectivity index (χ0n) is 13.8. The van der Waals surface area contributed by atoms with Crippen molar-refractivity contribution in [3.63, 3.8) is 0 Å². The van der Waals surface area contributed by atoms with Crippen LogP contribution in [0.5, 0.6) is 0 Å². The molecule has 130 valence electrons. The van der Waals surface area contributed by atoms with Gasteiger partial charge in [-0.2, -0.15) is 4.31 Å². The van der Waals surface area contributed by atoms with Gasteiger partial charge in [0, 0.05) is 11.6 Å². The van der Waals surface area contributed by atoms with E-state index in [9.17, 15) is 8.42 Å². The van der Waals surface area contributed by atoms with E-state index in [0.717, 1.165) is 31.2 Å². The van der Waals surface area contributed by atoms with E-state index in [-0.39, 0.29) is 10.9 Å². The second kappa shape index (κ2) is 6.86. The topological polar surface area (TPSA) is 63.4 Å². The number of hydrogen-bond donors (Lipinski definition) is 0. The molecule has 0 N–H and O–H groups in total. The highest BCUT2D eigenvalue weighted by atomic mass is 35.5. The zero-order valence-corrected chi connectivity index (χ0v) is 15.4. The van der Waals surface area contributed by atoms with Gasteiger partial charge in [0.25, 0.3) is 0 Å². The number of nitrogens with zero attached hydrogens (tertiary/aromatic N) is 2. The average Bonchev–Trinajstić information content (AvgIpc) is 2.75. The predicted molar refractivity (Wildman–Crippen MR) is 92.5 cm³/mol. The lowest BCUT2D eigenvalue weighted by atomic mass is 10.0. The van der Waals surface area contributed by atoms with Crippen molar-refractivity contribution in [3.8, 4) is 0 Å². The summed E-state index contributed by atoms with van der Waals surface area (Å²) in [4.78, 5) is 0.182. The third-order valence-electron chi connectivity index (χ3n) is 4.50. The molecule has 0 spiro atoms. The van der Waals surface area contributed by atoms with Crippen molar-refractivity contribution in [2.24, 2.45) is 0 Å². The first-order valence-electron chi connectivity index (χ1n) is 8.12. The van der Waals surface area contributed by atoms with Crippen molar-refractivity contribution in [3.05, 3.63) is 46.3 Å².